The highest BCUT2D eigenvalue weighted by molar-refractivity contribution is 9.09. The van der Waals surface area contributed by atoms with Gasteiger partial charge in [-0.05, 0) is 18.2 Å². The first-order valence-electron chi connectivity index (χ1n) is 4.55. The Labute approximate surface area is 96.3 Å². The number of ether oxygens (including phenoxy) is 1. The van der Waals surface area contributed by atoms with Crippen LogP contribution in [0.25, 0.3) is 0 Å². The fourth-order valence-corrected chi connectivity index (χ4v) is 1.78. The Morgan fingerprint density at radius 3 is 3.13 bits per heavy atom. The van der Waals surface area contributed by atoms with E-state index in [1.807, 2.05) is 18.2 Å². The van der Waals surface area contributed by atoms with E-state index in [-0.39, 0.29) is 12.5 Å². The fraction of sp³-hybridized carbons (Fsp3) is 0.300. The Balaban J connectivity index is 2.36. The average Bonchev–Trinajstić information content (AvgIpc) is 2.25. The lowest BCUT2D eigenvalue weighted by molar-refractivity contribution is -0.120. The van der Waals surface area contributed by atoms with E-state index in [0.717, 1.165) is 17.1 Å². The molecule has 0 spiro atoms. The minimum absolute atomic E-state index is 0.0292. The van der Waals surface area contributed by atoms with Crippen LogP contribution in [0.5, 0.6) is 5.75 Å². The summed E-state index contributed by atoms with van der Waals surface area (Å²) in [4.78, 5) is 13.0. The van der Waals surface area contributed by atoms with Gasteiger partial charge in [0.25, 0.3) is 5.91 Å². The lowest BCUT2D eigenvalue weighted by Gasteiger charge is -2.26. The Hall–Kier alpha value is -1.23. The van der Waals surface area contributed by atoms with Crippen LogP contribution in [0.4, 0.5) is 11.4 Å². The summed E-state index contributed by atoms with van der Waals surface area (Å²) in [7, 11) is 1.75. The molecule has 80 valence electrons. The molecule has 2 rings (SSSR count). The lowest BCUT2D eigenvalue weighted by atomic mass is 10.2. The number of carbonyl (C=O) groups excluding carboxylic acids is 1. The van der Waals surface area contributed by atoms with Crippen molar-refractivity contribution >= 4 is 33.2 Å². The van der Waals surface area contributed by atoms with Crippen molar-refractivity contribution in [2.75, 3.05) is 29.3 Å². The Morgan fingerprint density at radius 1 is 1.60 bits per heavy atom. The highest BCUT2D eigenvalue weighted by Gasteiger charge is 2.21. The molecule has 1 N–H and O–H groups in total. The highest BCUT2D eigenvalue weighted by atomic mass is 79.9. The van der Waals surface area contributed by atoms with Gasteiger partial charge >= 0.3 is 0 Å². The Kier molecular flexibility index (Phi) is 2.81. The molecule has 1 aliphatic heterocycles. The van der Waals surface area contributed by atoms with E-state index in [0.29, 0.717) is 5.45 Å². The summed E-state index contributed by atoms with van der Waals surface area (Å²) in [5.41, 5.74) is 2.43. The van der Waals surface area contributed by atoms with Crippen molar-refractivity contribution in [2.45, 2.75) is 0 Å². The van der Waals surface area contributed by atoms with Crippen LogP contribution < -0.4 is 15.0 Å². The SMILES string of the molecule is CN1C(=O)COc2ccc(NCBr)cc21. The molecule has 0 fully saturated rings. The molecule has 0 saturated heterocycles. The summed E-state index contributed by atoms with van der Waals surface area (Å²) in [5.74, 6) is 0.718. The number of carbonyl (C=O) groups is 1. The second kappa shape index (κ2) is 4.10. The van der Waals surface area contributed by atoms with E-state index in [4.69, 9.17) is 4.74 Å². The van der Waals surface area contributed by atoms with Gasteiger partial charge in [0.15, 0.2) is 6.61 Å². The predicted octanol–water partition coefficient (Wildman–Crippen LogP) is 1.81. The number of hydrogen-bond donors (Lipinski definition) is 1. The monoisotopic (exact) mass is 270 g/mol. The molecule has 15 heavy (non-hydrogen) atoms. The molecule has 4 nitrogen and oxygen atoms in total. The van der Waals surface area contributed by atoms with Gasteiger partial charge in [0.2, 0.25) is 0 Å². The average molecular weight is 271 g/mol. The Morgan fingerprint density at radius 2 is 2.40 bits per heavy atom. The summed E-state index contributed by atoms with van der Waals surface area (Å²) >= 11 is 3.29. The number of hydrogen-bond acceptors (Lipinski definition) is 3. The van der Waals surface area contributed by atoms with Gasteiger partial charge in [0.05, 0.1) is 11.1 Å². The van der Waals surface area contributed by atoms with Crippen molar-refractivity contribution in [3.05, 3.63) is 18.2 Å². The normalized spacial score (nSPS) is 14.5. The Bertz CT molecular complexity index is 395. The van der Waals surface area contributed by atoms with Crippen LogP contribution in [0.2, 0.25) is 0 Å². The van der Waals surface area contributed by atoms with Crippen LogP contribution in [0.15, 0.2) is 18.2 Å². The van der Waals surface area contributed by atoms with E-state index in [1.54, 1.807) is 11.9 Å². The summed E-state index contributed by atoms with van der Waals surface area (Å²) < 4.78 is 5.31. The molecule has 1 heterocycles. The minimum Gasteiger partial charge on any atom is -0.482 e. The third-order valence-corrected chi connectivity index (χ3v) is 2.60. The number of anilines is 2. The molecule has 0 radical (unpaired) electrons. The molecule has 1 aromatic carbocycles. The quantitative estimate of drug-likeness (QED) is 0.658. The van der Waals surface area contributed by atoms with Gasteiger partial charge in [-0.2, -0.15) is 0 Å². The van der Waals surface area contributed by atoms with Crippen molar-refractivity contribution < 1.29 is 9.53 Å². The standard InChI is InChI=1S/C10H11BrN2O2/c1-13-8-4-7(12-6-11)2-3-9(8)15-5-10(13)14/h2-4,12H,5-6H2,1H3. The number of alkyl halides is 1. The highest BCUT2D eigenvalue weighted by Crippen LogP contribution is 2.33. The summed E-state index contributed by atoms with van der Waals surface area (Å²) in [6.45, 7) is 0.120. The first kappa shape index (κ1) is 10.3. The molecule has 0 bridgehead atoms. The van der Waals surface area contributed by atoms with Crippen LogP contribution in [0.1, 0.15) is 0 Å². The fourth-order valence-electron chi connectivity index (χ4n) is 1.46. The first-order valence-corrected chi connectivity index (χ1v) is 5.68. The third-order valence-electron chi connectivity index (χ3n) is 2.32. The van der Waals surface area contributed by atoms with E-state index in [1.165, 1.54) is 0 Å². The first-order chi connectivity index (χ1) is 7.22. The van der Waals surface area contributed by atoms with Crippen molar-refractivity contribution in [2.24, 2.45) is 0 Å². The lowest BCUT2D eigenvalue weighted by Crippen LogP contribution is -2.35. The maximum atomic E-state index is 11.4. The number of likely N-dealkylation sites (N-methyl/N-ethyl adjacent to an activating group) is 1. The minimum atomic E-state index is -0.0292. The van der Waals surface area contributed by atoms with E-state index < -0.39 is 0 Å². The molecule has 5 heteroatoms. The van der Waals surface area contributed by atoms with Gasteiger partial charge in [-0.15, -0.1) is 0 Å². The molecule has 0 aliphatic carbocycles. The molecule has 0 atom stereocenters. The van der Waals surface area contributed by atoms with Gasteiger partial charge in [-0.25, -0.2) is 0 Å². The number of nitrogens with zero attached hydrogens (tertiary/aromatic N) is 1. The second-order valence-electron chi connectivity index (χ2n) is 3.23. The van der Waals surface area contributed by atoms with Crippen LogP contribution in [0.3, 0.4) is 0 Å². The number of amides is 1. The molecule has 0 unspecified atom stereocenters. The summed E-state index contributed by atoms with van der Waals surface area (Å²) in [5, 5.41) is 3.12. The van der Waals surface area contributed by atoms with Gasteiger partial charge in [0.1, 0.15) is 5.75 Å². The van der Waals surface area contributed by atoms with Crippen molar-refractivity contribution in [3.8, 4) is 5.75 Å². The molecular formula is C10H11BrN2O2. The van der Waals surface area contributed by atoms with E-state index in [2.05, 4.69) is 21.2 Å². The third kappa shape index (κ3) is 1.92. The number of rotatable bonds is 2. The summed E-state index contributed by atoms with van der Waals surface area (Å²) in [6.07, 6.45) is 0. The van der Waals surface area contributed by atoms with E-state index in [9.17, 15) is 4.79 Å². The maximum absolute atomic E-state index is 11.4. The van der Waals surface area contributed by atoms with Crippen LogP contribution in [-0.4, -0.2) is 25.0 Å². The molecule has 1 aromatic rings. The molecule has 0 saturated carbocycles. The number of fused-ring (bicyclic) bond motifs is 1. The molecular weight excluding hydrogens is 260 g/mol. The van der Waals surface area contributed by atoms with Gasteiger partial charge in [-0.1, -0.05) is 15.9 Å². The molecule has 1 amide bonds. The zero-order valence-electron chi connectivity index (χ0n) is 8.29. The largest absolute Gasteiger partial charge is 0.482 e. The van der Waals surface area contributed by atoms with E-state index >= 15 is 0 Å². The number of nitrogens with one attached hydrogen (secondary N) is 1. The van der Waals surface area contributed by atoms with Crippen molar-refractivity contribution in [1.29, 1.82) is 0 Å². The number of halogens is 1. The maximum Gasteiger partial charge on any atom is 0.264 e. The van der Waals surface area contributed by atoms with Crippen LogP contribution in [0, 0.1) is 0 Å². The van der Waals surface area contributed by atoms with Gasteiger partial charge in [0, 0.05) is 12.7 Å². The van der Waals surface area contributed by atoms with Crippen LogP contribution in [-0.2, 0) is 4.79 Å². The zero-order chi connectivity index (χ0) is 10.8. The smallest absolute Gasteiger partial charge is 0.264 e. The zero-order valence-corrected chi connectivity index (χ0v) is 9.87. The molecule has 1 aliphatic rings. The summed E-state index contributed by atoms with van der Waals surface area (Å²) in [6, 6.07) is 5.68. The van der Waals surface area contributed by atoms with Gasteiger partial charge in [-0.3, -0.25) is 4.79 Å². The predicted molar refractivity (Wildman–Crippen MR) is 62.8 cm³/mol. The van der Waals surface area contributed by atoms with Crippen molar-refractivity contribution in [3.63, 3.8) is 0 Å². The molecule has 0 aromatic heterocycles. The topological polar surface area (TPSA) is 41.6 Å². The number of benzene rings is 1. The second-order valence-corrected chi connectivity index (χ2v) is 3.80. The van der Waals surface area contributed by atoms with Crippen LogP contribution >= 0.6 is 15.9 Å². The van der Waals surface area contributed by atoms with Gasteiger partial charge < -0.3 is 15.0 Å². The van der Waals surface area contributed by atoms with Crippen molar-refractivity contribution in [1.82, 2.24) is 0 Å².